The van der Waals surface area contributed by atoms with Crippen molar-refractivity contribution in [3.63, 3.8) is 0 Å². The van der Waals surface area contributed by atoms with Gasteiger partial charge in [-0.2, -0.15) is 28.4 Å². The van der Waals surface area contributed by atoms with Gasteiger partial charge in [0.2, 0.25) is 0 Å². The van der Waals surface area contributed by atoms with Gasteiger partial charge in [0.15, 0.2) is 5.65 Å². The summed E-state index contributed by atoms with van der Waals surface area (Å²) >= 11 is 0. The van der Waals surface area contributed by atoms with Crippen molar-refractivity contribution in [1.82, 2.24) is 19.4 Å². The van der Waals surface area contributed by atoms with Crippen LogP contribution in [0.15, 0.2) is 24.3 Å². The van der Waals surface area contributed by atoms with Gasteiger partial charge in [-0.05, 0) is 49.4 Å². The third-order valence-corrected chi connectivity index (χ3v) is 6.23. The lowest BCUT2D eigenvalue weighted by molar-refractivity contribution is -0.192. The number of halogens is 3. The lowest BCUT2D eigenvalue weighted by atomic mass is 9.96. The fraction of sp³-hybridized carbons (Fsp3) is 0.462. The number of rotatable bonds is 7. The SMILES string of the molecule is CCCCOc1nc(N)c2cc(C#N)n(Cc3ccc4c(c3)CN(C(C)C)CC4)c2n1.O=C(O)C(F)(F)F. The highest BCUT2D eigenvalue weighted by Gasteiger charge is 2.38. The van der Waals surface area contributed by atoms with Crippen LogP contribution in [-0.4, -0.2) is 55.9 Å². The van der Waals surface area contributed by atoms with Crippen LogP contribution in [0.25, 0.3) is 11.0 Å². The number of anilines is 1. The summed E-state index contributed by atoms with van der Waals surface area (Å²) in [6.45, 7) is 9.74. The molecule has 0 unspecified atom stereocenters. The normalized spacial score (nSPS) is 13.5. The van der Waals surface area contributed by atoms with Crippen molar-refractivity contribution in [2.45, 2.75) is 65.3 Å². The molecular formula is C26H31F3N6O3. The highest BCUT2D eigenvalue weighted by Crippen LogP contribution is 2.27. The second-order valence-corrected chi connectivity index (χ2v) is 9.28. The van der Waals surface area contributed by atoms with Crippen LogP contribution in [0.2, 0.25) is 0 Å². The number of fused-ring (bicyclic) bond motifs is 2. The number of carboxylic acid groups (broad SMARTS) is 1. The quantitative estimate of drug-likeness (QED) is 0.425. The molecule has 3 aromatic rings. The van der Waals surface area contributed by atoms with Crippen LogP contribution in [0.3, 0.4) is 0 Å². The van der Waals surface area contributed by atoms with Crippen LogP contribution in [0.1, 0.15) is 56.0 Å². The molecule has 2 aromatic heterocycles. The largest absolute Gasteiger partial charge is 0.490 e. The van der Waals surface area contributed by atoms with Crippen molar-refractivity contribution < 1.29 is 27.8 Å². The molecule has 0 saturated heterocycles. The van der Waals surface area contributed by atoms with Crippen molar-refractivity contribution in [1.29, 1.82) is 5.26 Å². The topological polar surface area (TPSA) is 130 Å². The number of carbonyl (C=O) groups is 1. The molecule has 0 bridgehead atoms. The summed E-state index contributed by atoms with van der Waals surface area (Å²) in [5.41, 5.74) is 11.2. The number of alkyl halides is 3. The van der Waals surface area contributed by atoms with Crippen LogP contribution in [0.5, 0.6) is 6.01 Å². The number of nitrogens with zero attached hydrogens (tertiary/aromatic N) is 5. The van der Waals surface area contributed by atoms with Gasteiger partial charge in [-0.25, -0.2) is 4.79 Å². The smallest absolute Gasteiger partial charge is 0.475 e. The van der Waals surface area contributed by atoms with Gasteiger partial charge in [-0.15, -0.1) is 0 Å². The lowest BCUT2D eigenvalue weighted by Gasteiger charge is -2.32. The van der Waals surface area contributed by atoms with Gasteiger partial charge in [-0.1, -0.05) is 31.5 Å². The Morgan fingerprint density at radius 2 is 1.97 bits per heavy atom. The Bertz CT molecular complexity index is 1330. The molecule has 204 valence electrons. The van der Waals surface area contributed by atoms with E-state index >= 15 is 0 Å². The van der Waals surface area contributed by atoms with Crippen molar-refractivity contribution in [2.75, 3.05) is 18.9 Å². The van der Waals surface area contributed by atoms with E-state index in [0.717, 1.165) is 37.9 Å². The third-order valence-electron chi connectivity index (χ3n) is 6.23. The molecule has 0 saturated carbocycles. The first kappa shape index (κ1) is 28.7. The predicted octanol–water partition coefficient (Wildman–Crippen LogP) is 4.51. The zero-order valence-electron chi connectivity index (χ0n) is 21.5. The summed E-state index contributed by atoms with van der Waals surface area (Å²) in [6.07, 6.45) is -2.06. The highest BCUT2D eigenvalue weighted by atomic mass is 19.4. The summed E-state index contributed by atoms with van der Waals surface area (Å²) in [5.74, 6) is -2.42. The minimum absolute atomic E-state index is 0.264. The van der Waals surface area contributed by atoms with E-state index < -0.39 is 12.1 Å². The molecule has 0 spiro atoms. The zero-order valence-corrected chi connectivity index (χ0v) is 21.5. The summed E-state index contributed by atoms with van der Waals surface area (Å²) in [6, 6.07) is 11.5. The van der Waals surface area contributed by atoms with Gasteiger partial charge in [0, 0.05) is 19.1 Å². The average Bonchev–Trinajstić information content (AvgIpc) is 3.21. The standard InChI is InChI=1S/C24H30N6O.C2HF3O2/c1-4-5-10-31-24-27-22(26)21-12-20(13-25)30(23(21)28-24)14-17-6-7-18-8-9-29(16(2)3)15-19(18)11-17;3-2(4,5)1(6)7/h6-7,11-12,16H,4-5,8-10,14-15H2,1-3H3,(H2,26,27,28);(H,6,7). The maximum absolute atomic E-state index is 10.6. The Morgan fingerprint density at radius 1 is 1.26 bits per heavy atom. The monoisotopic (exact) mass is 532 g/mol. The van der Waals surface area contributed by atoms with E-state index in [2.05, 4.69) is 59.9 Å². The Hall–Kier alpha value is -3.85. The molecule has 1 aromatic carbocycles. The molecule has 9 nitrogen and oxygen atoms in total. The summed E-state index contributed by atoms with van der Waals surface area (Å²) in [4.78, 5) is 20.2. The maximum Gasteiger partial charge on any atom is 0.490 e. The van der Waals surface area contributed by atoms with Crippen LogP contribution >= 0.6 is 0 Å². The Kier molecular flexibility index (Phi) is 9.17. The lowest BCUT2D eigenvalue weighted by Crippen LogP contribution is -2.35. The molecule has 3 heterocycles. The van der Waals surface area contributed by atoms with Crippen LogP contribution in [0.4, 0.5) is 19.0 Å². The number of unbranched alkanes of at least 4 members (excludes halogenated alkanes) is 1. The second-order valence-electron chi connectivity index (χ2n) is 9.28. The fourth-order valence-corrected chi connectivity index (χ4v) is 4.11. The highest BCUT2D eigenvalue weighted by molar-refractivity contribution is 5.88. The molecule has 12 heteroatoms. The van der Waals surface area contributed by atoms with Crippen LogP contribution < -0.4 is 10.5 Å². The van der Waals surface area contributed by atoms with Crippen molar-refractivity contribution in [3.8, 4) is 12.1 Å². The molecule has 0 fully saturated rings. The molecule has 1 aliphatic heterocycles. The van der Waals surface area contributed by atoms with Crippen LogP contribution in [0, 0.1) is 11.3 Å². The van der Waals surface area contributed by atoms with Crippen LogP contribution in [-0.2, 0) is 24.3 Å². The molecule has 0 radical (unpaired) electrons. The van der Waals surface area contributed by atoms with E-state index in [4.69, 9.17) is 20.4 Å². The van der Waals surface area contributed by atoms with Gasteiger partial charge < -0.3 is 20.1 Å². The number of aromatic nitrogens is 3. The zero-order chi connectivity index (χ0) is 28.0. The second kappa shape index (κ2) is 12.1. The van der Waals surface area contributed by atoms with Crippen molar-refractivity contribution in [2.24, 2.45) is 0 Å². The van der Waals surface area contributed by atoms with E-state index in [1.165, 1.54) is 11.1 Å². The fourth-order valence-electron chi connectivity index (χ4n) is 4.11. The predicted molar refractivity (Wildman–Crippen MR) is 136 cm³/mol. The van der Waals surface area contributed by atoms with Crippen molar-refractivity contribution in [3.05, 3.63) is 46.6 Å². The average molecular weight is 533 g/mol. The summed E-state index contributed by atoms with van der Waals surface area (Å²) in [7, 11) is 0. The first-order valence-corrected chi connectivity index (χ1v) is 12.3. The molecule has 0 amide bonds. The van der Waals surface area contributed by atoms with Gasteiger partial charge in [-0.3, -0.25) is 4.90 Å². The number of aliphatic carboxylic acids is 1. The molecule has 3 N–H and O–H groups in total. The van der Waals surface area contributed by atoms with E-state index in [-0.39, 0.29) is 6.01 Å². The Balaban J connectivity index is 0.000000505. The van der Waals surface area contributed by atoms with Gasteiger partial charge in [0.1, 0.15) is 17.6 Å². The molecule has 4 rings (SSSR count). The number of hydrogen-bond acceptors (Lipinski definition) is 7. The number of nitrogen functional groups attached to an aromatic ring is 1. The molecule has 1 aliphatic rings. The molecule has 38 heavy (non-hydrogen) atoms. The minimum Gasteiger partial charge on any atom is -0.475 e. The van der Waals surface area contributed by atoms with Gasteiger partial charge in [0.25, 0.3) is 0 Å². The third kappa shape index (κ3) is 6.92. The first-order chi connectivity index (χ1) is 17.9. The van der Waals surface area contributed by atoms with E-state index in [0.29, 0.717) is 41.7 Å². The van der Waals surface area contributed by atoms with Crippen molar-refractivity contribution >= 4 is 22.8 Å². The molecular weight excluding hydrogens is 501 g/mol. The number of hydrogen-bond donors (Lipinski definition) is 2. The summed E-state index contributed by atoms with van der Waals surface area (Å²) < 4.78 is 39.3. The minimum atomic E-state index is -5.08. The number of nitrogens with two attached hydrogens (primary N) is 1. The first-order valence-electron chi connectivity index (χ1n) is 12.3. The number of benzene rings is 1. The summed E-state index contributed by atoms with van der Waals surface area (Å²) in [5, 5.41) is 17.5. The molecule has 0 aliphatic carbocycles. The number of carboxylic acids is 1. The Labute approximate surface area is 218 Å². The van der Waals surface area contributed by atoms with Gasteiger partial charge in [0.05, 0.1) is 18.5 Å². The number of nitriles is 1. The Morgan fingerprint density at radius 3 is 2.58 bits per heavy atom. The van der Waals surface area contributed by atoms with E-state index in [1.807, 2.05) is 4.57 Å². The number of ether oxygens (including phenoxy) is 1. The van der Waals surface area contributed by atoms with Gasteiger partial charge >= 0.3 is 18.2 Å². The van der Waals surface area contributed by atoms with E-state index in [1.54, 1.807) is 6.07 Å². The maximum atomic E-state index is 10.6. The molecule has 0 atom stereocenters. The van der Waals surface area contributed by atoms with E-state index in [9.17, 15) is 18.4 Å².